The van der Waals surface area contributed by atoms with E-state index in [0.29, 0.717) is 6.04 Å². The summed E-state index contributed by atoms with van der Waals surface area (Å²) in [4.78, 5) is 2.44. The minimum Gasteiger partial charge on any atom is -0.377 e. The van der Waals surface area contributed by atoms with Crippen LogP contribution in [0.3, 0.4) is 0 Å². The molecule has 0 radical (unpaired) electrons. The number of rotatable bonds is 5. The number of methoxy groups -OCH3 is 1. The van der Waals surface area contributed by atoms with Crippen LogP contribution in [0.4, 0.5) is 5.69 Å². The second-order valence-corrected chi connectivity index (χ2v) is 6.38. The molecule has 1 aromatic rings. The molecule has 20 heavy (non-hydrogen) atoms. The summed E-state index contributed by atoms with van der Waals surface area (Å²) in [5, 5.41) is 3.45. The van der Waals surface area contributed by atoms with E-state index >= 15 is 0 Å². The van der Waals surface area contributed by atoms with Crippen LogP contribution < -0.4 is 10.2 Å². The van der Waals surface area contributed by atoms with Gasteiger partial charge in [0.2, 0.25) is 0 Å². The van der Waals surface area contributed by atoms with E-state index in [1.807, 2.05) is 7.11 Å². The van der Waals surface area contributed by atoms with E-state index in [-0.39, 0.29) is 5.60 Å². The lowest BCUT2D eigenvalue weighted by Gasteiger charge is -2.40. The van der Waals surface area contributed by atoms with E-state index in [4.69, 9.17) is 4.74 Å². The Labute approximate surface area is 123 Å². The Kier molecular flexibility index (Phi) is 5.06. The Morgan fingerprint density at radius 3 is 2.60 bits per heavy atom. The van der Waals surface area contributed by atoms with Crippen LogP contribution in [0.1, 0.15) is 39.2 Å². The summed E-state index contributed by atoms with van der Waals surface area (Å²) in [7, 11) is 1.82. The van der Waals surface area contributed by atoms with Gasteiger partial charge in [0.1, 0.15) is 0 Å². The third-order valence-corrected chi connectivity index (χ3v) is 4.17. The molecular formula is C17H28N2O. The summed E-state index contributed by atoms with van der Waals surface area (Å²) in [6.07, 6.45) is 2.34. The van der Waals surface area contributed by atoms with E-state index < -0.39 is 0 Å². The fourth-order valence-electron chi connectivity index (χ4n) is 2.74. The SMILES string of the molecule is COC1(C)CCCN(c2ccc(CNC(C)C)cc2)C1. The zero-order chi connectivity index (χ0) is 14.6. The van der Waals surface area contributed by atoms with Crippen molar-refractivity contribution in [1.82, 2.24) is 5.32 Å². The maximum Gasteiger partial charge on any atom is 0.0825 e. The normalized spacial score (nSPS) is 23.4. The standard InChI is InChI=1S/C17H28N2O/c1-14(2)18-12-15-6-8-16(9-7-15)19-11-5-10-17(3,13-19)20-4/h6-9,14,18H,5,10-13H2,1-4H3. The van der Waals surface area contributed by atoms with Crippen molar-refractivity contribution in [2.45, 2.75) is 51.8 Å². The minimum atomic E-state index is -0.00385. The van der Waals surface area contributed by atoms with Crippen molar-refractivity contribution in [1.29, 1.82) is 0 Å². The summed E-state index contributed by atoms with van der Waals surface area (Å²) in [5.41, 5.74) is 2.64. The van der Waals surface area contributed by atoms with Gasteiger partial charge in [0, 0.05) is 38.5 Å². The van der Waals surface area contributed by atoms with E-state index in [2.05, 4.69) is 55.3 Å². The molecule has 1 N–H and O–H groups in total. The average molecular weight is 276 g/mol. The molecule has 1 aliphatic heterocycles. The molecule has 1 atom stereocenters. The lowest BCUT2D eigenvalue weighted by Crippen LogP contribution is -2.47. The van der Waals surface area contributed by atoms with Crippen molar-refractivity contribution in [3.63, 3.8) is 0 Å². The number of benzene rings is 1. The molecule has 2 rings (SSSR count). The van der Waals surface area contributed by atoms with Crippen LogP contribution >= 0.6 is 0 Å². The van der Waals surface area contributed by atoms with Gasteiger partial charge in [0.15, 0.2) is 0 Å². The van der Waals surface area contributed by atoms with Crippen LogP contribution in [-0.2, 0) is 11.3 Å². The lowest BCUT2D eigenvalue weighted by atomic mass is 9.94. The molecular weight excluding hydrogens is 248 g/mol. The summed E-state index contributed by atoms with van der Waals surface area (Å²) in [5.74, 6) is 0. The van der Waals surface area contributed by atoms with Crippen molar-refractivity contribution in [3.8, 4) is 0 Å². The molecule has 3 heteroatoms. The third kappa shape index (κ3) is 3.97. The molecule has 3 nitrogen and oxygen atoms in total. The first-order valence-electron chi connectivity index (χ1n) is 7.65. The number of nitrogens with one attached hydrogen (secondary N) is 1. The molecule has 1 aliphatic rings. The summed E-state index contributed by atoms with van der Waals surface area (Å²) >= 11 is 0. The van der Waals surface area contributed by atoms with Gasteiger partial charge in [0.25, 0.3) is 0 Å². The third-order valence-electron chi connectivity index (χ3n) is 4.17. The number of hydrogen-bond acceptors (Lipinski definition) is 3. The predicted octanol–water partition coefficient (Wildman–Crippen LogP) is 3.19. The second kappa shape index (κ2) is 6.59. The van der Waals surface area contributed by atoms with Crippen molar-refractivity contribution in [2.75, 3.05) is 25.1 Å². The van der Waals surface area contributed by atoms with Gasteiger partial charge in [-0.25, -0.2) is 0 Å². The molecule has 0 aliphatic carbocycles. The first-order chi connectivity index (χ1) is 9.52. The first-order valence-corrected chi connectivity index (χ1v) is 7.65. The molecule has 0 spiro atoms. The Morgan fingerprint density at radius 2 is 2.00 bits per heavy atom. The summed E-state index contributed by atoms with van der Waals surface area (Å²) < 4.78 is 5.67. The smallest absolute Gasteiger partial charge is 0.0825 e. The number of nitrogens with zero attached hydrogens (tertiary/aromatic N) is 1. The van der Waals surface area contributed by atoms with E-state index in [1.165, 1.54) is 17.7 Å². The minimum absolute atomic E-state index is 0.00385. The zero-order valence-electron chi connectivity index (χ0n) is 13.3. The molecule has 1 heterocycles. The van der Waals surface area contributed by atoms with Crippen LogP contribution in [-0.4, -0.2) is 31.8 Å². The first kappa shape index (κ1) is 15.3. The average Bonchev–Trinajstić information content (AvgIpc) is 2.46. The van der Waals surface area contributed by atoms with Crippen molar-refractivity contribution >= 4 is 5.69 Å². The van der Waals surface area contributed by atoms with Gasteiger partial charge in [-0.3, -0.25) is 0 Å². The second-order valence-electron chi connectivity index (χ2n) is 6.38. The van der Waals surface area contributed by atoms with Gasteiger partial charge in [-0.05, 0) is 37.5 Å². The van der Waals surface area contributed by atoms with Crippen LogP contribution in [0.5, 0.6) is 0 Å². The van der Waals surface area contributed by atoms with Crippen molar-refractivity contribution in [2.24, 2.45) is 0 Å². The molecule has 0 saturated carbocycles. The Balaban J connectivity index is 1.99. The highest BCUT2D eigenvalue weighted by atomic mass is 16.5. The number of piperidine rings is 1. The van der Waals surface area contributed by atoms with Gasteiger partial charge in [0.05, 0.1) is 5.60 Å². The van der Waals surface area contributed by atoms with Crippen LogP contribution in [0.15, 0.2) is 24.3 Å². The van der Waals surface area contributed by atoms with Gasteiger partial charge in [-0.15, -0.1) is 0 Å². The quantitative estimate of drug-likeness (QED) is 0.894. The molecule has 0 bridgehead atoms. The monoisotopic (exact) mass is 276 g/mol. The van der Waals surface area contributed by atoms with Gasteiger partial charge in [-0.1, -0.05) is 26.0 Å². The number of hydrogen-bond donors (Lipinski definition) is 1. The Bertz CT molecular complexity index is 416. The van der Waals surface area contributed by atoms with Gasteiger partial charge >= 0.3 is 0 Å². The fourth-order valence-corrected chi connectivity index (χ4v) is 2.74. The molecule has 1 fully saturated rings. The molecule has 1 unspecified atom stereocenters. The van der Waals surface area contributed by atoms with Gasteiger partial charge in [-0.2, -0.15) is 0 Å². The number of ether oxygens (including phenoxy) is 1. The Hall–Kier alpha value is -1.06. The van der Waals surface area contributed by atoms with Crippen molar-refractivity contribution < 1.29 is 4.74 Å². The fraction of sp³-hybridized carbons (Fsp3) is 0.647. The summed E-state index contributed by atoms with van der Waals surface area (Å²) in [6.45, 7) is 9.60. The van der Waals surface area contributed by atoms with E-state index in [0.717, 1.165) is 26.1 Å². The highest BCUT2D eigenvalue weighted by Crippen LogP contribution is 2.28. The molecule has 1 aromatic carbocycles. The summed E-state index contributed by atoms with van der Waals surface area (Å²) in [6, 6.07) is 9.45. The van der Waals surface area contributed by atoms with Crippen LogP contribution in [0.2, 0.25) is 0 Å². The molecule has 0 aromatic heterocycles. The van der Waals surface area contributed by atoms with Crippen LogP contribution in [0, 0.1) is 0 Å². The maximum absolute atomic E-state index is 5.67. The molecule has 112 valence electrons. The maximum atomic E-state index is 5.67. The highest BCUT2D eigenvalue weighted by Gasteiger charge is 2.30. The predicted molar refractivity (Wildman–Crippen MR) is 85.3 cm³/mol. The largest absolute Gasteiger partial charge is 0.377 e. The van der Waals surface area contributed by atoms with Crippen LogP contribution in [0.25, 0.3) is 0 Å². The molecule has 1 saturated heterocycles. The zero-order valence-corrected chi connectivity index (χ0v) is 13.3. The van der Waals surface area contributed by atoms with Crippen molar-refractivity contribution in [3.05, 3.63) is 29.8 Å². The van der Waals surface area contributed by atoms with Gasteiger partial charge < -0.3 is 15.0 Å². The number of anilines is 1. The van der Waals surface area contributed by atoms with E-state index in [9.17, 15) is 0 Å². The lowest BCUT2D eigenvalue weighted by molar-refractivity contribution is -0.00465. The van der Waals surface area contributed by atoms with E-state index in [1.54, 1.807) is 0 Å². The topological polar surface area (TPSA) is 24.5 Å². The molecule has 0 amide bonds. The Morgan fingerprint density at radius 1 is 1.30 bits per heavy atom. The highest BCUT2D eigenvalue weighted by molar-refractivity contribution is 5.48.